The van der Waals surface area contributed by atoms with Crippen molar-refractivity contribution in [2.45, 2.75) is 115 Å². The van der Waals surface area contributed by atoms with Crippen LogP contribution in [0.5, 0.6) is 0 Å². The number of carbonyl (C=O) groups excluding carboxylic acids is 1. The minimum absolute atomic E-state index is 0.0107. The Morgan fingerprint density at radius 2 is 2.11 bits per heavy atom. The van der Waals surface area contributed by atoms with Crippen molar-refractivity contribution in [1.29, 1.82) is 0 Å². The molecule has 1 aromatic rings. The number of aromatic nitrogens is 2. The molecule has 2 bridgehead atoms. The first-order valence-electron chi connectivity index (χ1n) is 13.4. The molecule has 3 aliphatic heterocycles. The van der Waals surface area contributed by atoms with E-state index in [1.807, 2.05) is 0 Å². The topological polar surface area (TPSA) is 94.9 Å². The quantitative estimate of drug-likeness (QED) is 0.576. The average Bonchev–Trinajstić information content (AvgIpc) is 3.64. The Bertz CT molecular complexity index is 1030. The number of piperidine rings is 1. The van der Waals surface area contributed by atoms with Crippen LogP contribution in [0, 0.1) is 11.8 Å². The molecule has 9 nitrogen and oxygen atoms in total. The second kappa shape index (κ2) is 9.18. The first-order valence-corrected chi connectivity index (χ1v) is 14.5. The van der Waals surface area contributed by atoms with Gasteiger partial charge in [-0.15, -0.1) is 0 Å². The lowest BCUT2D eigenvalue weighted by molar-refractivity contribution is -0.118. The van der Waals surface area contributed by atoms with Crippen LogP contribution in [0.3, 0.4) is 0 Å². The highest BCUT2D eigenvalue weighted by Crippen LogP contribution is 2.70. The number of ether oxygens (including phenoxy) is 1. The number of nitrogens with one attached hydrogen (secondary N) is 1. The van der Waals surface area contributed by atoms with E-state index >= 15 is 0 Å². The van der Waals surface area contributed by atoms with Gasteiger partial charge in [-0.05, 0) is 50.5 Å². The summed E-state index contributed by atoms with van der Waals surface area (Å²) in [4.78, 5) is 28.8. The summed E-state index contributed by atoms with van der Waals surface area (Å²) < 4.78 is 24.0. The maximum Gasteiger partial charge on any atom is 0.351 e. The van der Waals surface area contributed by atoms with Crippen LogP contribution in [0.1, 0.15) is 84.8 Å². The summed E-state index contributed by atoms with van der Waals surface area (Å²) in [7, 11) is -1.12. The van der Waals surface area contributed by atoms with Gasteiger partial charge in [0.05, 0.1) is 23.9 Å². The smallest absolute Gasteiger partial charge is 0.351 e. The number of hydrogen-bond acceptors (Lipinski definition) is 7. The summed E-state index contributed by atoms with van der Waals surface area (Å²) in [5.74, 6) is 0.666. The van der Waals surface area contributed by atoms with Gasteiger partial charge in [-0.2, -0.15) is 4.98 Å². The minimum atomic E-state index is -1.12. The Kier molecular flexibility index (Phi) is 6.29. The average molecular weight is 505 g/mol. The molecule has 6 rings (SSSR count). The summed E-state index contributed by atoms with van der Waals surface area (Å²) in [6.45, 7) is 5.69. The summed E-state index contributed by atoms with van der Waals surface area (Å²) >= 11 is 0. The molecule has 4 heterocycles. The van der Waals surface area contributed by atoms with Crippen molar-refractivity contribution in [3.05, 3.63) is 22.7 Å². The van der Waals surface area contributed by atoms with Crippen LogP contribution in [0.25, 0.3) is 0 Å². The maximum atomic E-state index is 12.8. The molecule has 1 N–H and O–H groups in total. The number of rotatable bonds is 6. The van der Waals surface area contributed by atoms with Gasteiger partial charge in [0.2, 0.25) is 5.91 Å². The fraction of sp³-hybridized carbons (Fsp3) is 0.800. The first-order chi connectivity index (χ1) is 16.9. The van der Waals surface area contributed by atoms with Crippen molar-refractivity contribution in [2.75, 3.05) is 5.32 Å². The SMILES string of the molecule is CC[C@H]1O[C@@H](n2ccc(NC(=O)C(C)C)nc2=O)CC1O[P@@]1OC2(CCCC2)[C@@H]2[C@H]3CC[C@H](C3)N21. The zero-order valence-corrected chi connectivity index (χ0v) is 21.8. The Labute approximate surface area is 207 Å². The third kappa shape index (κ3) is 4.08. The van der Waals surface area contributed by atoms with Gasteiger partial charge in [0, 0.05) is 24.6 Å². The summed E-state index contributed by atoms with van der Waals surface area (Å²) in [6.07, 6.45) is 11.1. The van der Waals surface area contributed by atoms with Crippen LogP contribution < -0.4 is 11.0 Å². The van der Waals surface area contributed by atoms with Crippen LogP contribution in [-0.2, 0) is 18.6 Å². The van der Waals surface area contributed by atoms with E-state index in [1.54, 1.807) is 26.1 Å². The summed E-state index contributed by atoms with van der Waals surface area (Å²) in [5.41, 5.74) is -0.444. The van der Waals surface area contributed by atoms with Crippen LogP contribution in [-0.4, -0.2) is 50.0 Å². The van der Waals surface area contributed by atoms with E-state index < -0.39 is 20.4 Å². The van der Waals surface area contributed by atoms with Crippen LogP contribution in [0.15, 0.2) is 17.1 Å². The van der Waals surface area contributed by atoms with E-state index in [0.29, 0.717) is 18.5 Å². The molecule has 5 aliphatic rings. The third-order valence-corrected chi connectivity index (χ3v) is 10.6. The zero-order chi connectivity index (χ0) is 24.3. The molecule has 1 amide bonds. The molecule has 192 valence electrons. The van der Waals surface area contributed by atoms with E-state index in [-0.39, 0.29) is 35.5 Å². The number of anilines is 1. The Balaban J connectivity index is 1.17. The molecule has 1 spiro atoms. The summed E-state index contributed by atoms with van der Waals surface area (Å²) in [5, 5.41) is 2.69. The minimum Gasteiger partial charge on any atom is -0.352 e. The van der Waals surface area contributed by atoms with Crippen LogP contribution in [0.2, 0.25) is 0 Å². The number of amides is 1. The fourth-order valence-electron chi connectivity index (χ4n) is 6.99. The van der Waals surface area contributed by atoms with Gasteiger partial charge in [0.1, 0.15) is 12.0 Å². The molecule has 2 aliphatic carbocycles. The van der Waals surface area contributed by atoms with Crippen molar-refractivity contribution in [1.82, 2.24) is 14.2 Å². The van der Waals surface area contributed by atoms with E-state index in [0.717, 1.165) is 25.2 Å². The van der Waals surface area contributed by atoms with Gasteiger partial charge in [-0.3, -0.25) is 9.36 Å². The number of nitrogens with zero attached hydrogens (tertiary/aromatic N) is 3. The normalized spacial score (nSPS) is 37.5. The molecular formula is C25H37N4O5P. The Morgan fingerprint density at radius 1 is 1.31 bits per heavy atom. The lowest BCUT2D eigenvalue weighted by atomic mass is 9.83. The highest BCUT2D eigenvalue weighted by Gasteiger charge is 2.65. The van der Waals surface area contributed by atoms with Gasteiger partial charge >= 0.3 is 5.69 Å². The Morgan fingerprint density at radius 3 is 2.83 bits per heavy atom. The van der Waals surface area contributed by atoms with Crippen LogP contribution in [0.4, 0.5) is 5.82 Å². The van der Waals surface area contributed by atoms with Gasteiger partial charge in [-0.25, -0.2) is 9.46 Å². The molecule has 10 heteroatoms. The molecular weight excluding hydrogens is 467 g/mol. The van der Waals surface area contributed by atoms with Crippen molar-refractivity contribution < 1.29 is 18.6 Å². The van der Waals surface area contributed by atoms with E-state index in [4.69, 9.17) is 13.8 Å². The lowest BCUT2D eigenvalue weighted by Gasteiger charge is -2.35. The van der Waals surface area contributed by atoms with Crippen molar-refractivity contribution in [3.8, 4) is 0 Å². The second-order valence-corrected chi connectivity index (χ2v) is 12.5. The second-order valence-electron chi connectivity index (χ2n) is 11.2. The first kappa shape index (κ1) is 24.0. The van der Waals surface area contributed by atoms with E-state index in [2.05, 4.69) is 21.9 Å². The van der Waals surface area contributed by atoms with Gasteiger partial charge in [0.25, 0.3) is 8.53 Å². The summed E-state index contributed by atoms with van der Waals surface area (Å²) in [6, 6.07) is 2.77. The van der Waals surface area contributed by atoms with E-state index in [1.165, 1.54) is 36.7 Å². The number of carbonyl (C=O) groups is 1. The molecule has 7 atom stereocenters. The van der Waals surface area contributed by atoms with E-state index in [9.17, 15) is 9.59 Å². The van der Waals surface area contributed by atoms with Crippen molar-refractivity contribution >= 4 is 20.3 Å². The number of fused-ring (bicyclic) bond motifs is 6. The largest absolute Gasteiger partial charge is 0.352 e. The standard InChI is InChI=1S/C25H37N4O5P/c1-4-18-19(14-21(32-18)28-12-9-20(27-24(28)31)26-23(30)15(2)3)33-35-29-17-8-7-16(13-17)22(29)25(34-35)10-5-6-11-25/h9,12,15-19,21-22H,4-8,10-11,13-14H2,1-3H3,(H,26,27,30,31)/t16-,17+,18+,19?,21+,22-,35-/m0/s1. The maximum absolute atomic E-state index is 12.8. The highest BCUT2D eigenvalue weighted by molar-refractivity contribution is 7.45. The Hall–Kier alpha value is -1.38. The molecule has 3 saturated heterocycles. The highest BCUT2D eigenvalue weighted by atomic mass is 31.2. The zero-order valence-electron chi connectivity index (χ0n) is 20.9. The third-order valence-electron chi connectivity index (χ3n) is 8.71. The van der Waals surface area contributed by atoms with Crippen LogP contribution >= 0.6 is 8.53 Å². The fourth-order valence-corrected chi connectivity index (χ4v) is 9.37. The lowest BCUT2D eigenvalue weighted by Crippen LogP contribution is -2.46. The predicted molar refractivity (Wildman–Crippen MR) is 132 cm³/mol. The monoisotopic (exact) mass is 504 g/mol. The van der Waals surface area contributed by atoms with Crippen molar-refractivity contribution in [2.24, 2.45) is 11.8 Å². The number of hydrogen-bond donors (Lipinski definition) is 1. The van der Waals surface area contributed by atoms with Gasteiger partial charge < -0.3 is 19.1 Å². The molecule has 2 saturated carbocycles. The molecule has 1 unspecified atom stereocenters. The molecule has 0 radical (unpaired) electrons. The van der Waals surface area contributed by atoms with Crippen molar-refractivity contribution in [3.63, 3.8) is 0 Å². The van der Waals surface area contributed by atoms with Gasteiger partial charge in [-0.1, -0.05) is 33.6 Å². The molecule has 1 aromatic heterocycles. The predicted octanol–water partition coefficient (Wildman–Crippen LogP) is 4.34. The molecule has 5 fully saturated rings. The van der Waals surface area contributed by atoms with Gasteiger partial charge in [0.15, 0.2) is 0 Å². The molecule has 35 heavy (non-hydrogen) atoms. The molecule has 0 aromatic carbocycles.